The van der Waals surface area contributed by atoms with E-state index in [0.717, 1.165) is 4.31 Å². The van der Waals surface area contributed by atoms with Crippen molar-refractivity contribution in [2.45, 2.75) is 19.5 Å². The van der Waals surface area contributed by atoms with E-state index in [1.807, 2.05) is 0 Å². The third-order valence-electron chi connectivity index (χ3n) is 2.22. The molecule has 102 valence electrons. The van der Waals surface area contributed by atoms with E-state index in [2.05, 4.69) is 10.0 Å². The molecule has 1 aromatic rings. The summed E-state index contributed by atoms with van der Waals surface area (Å²) >= 11 is 0. The van der Waals surface area contributed by atoms with Crippen LogP contribution in [0, 0.1) is 0 Å². The van der Waals surface area contributed by atoms with Gasteiger partial charge in [0, 0.05) is 14.1 Å². The third kappa shape index (κ3) is 4.13. The van der Waals surface area contributed by atoms with Gasteiger partial charge in [-0.1, -0.05) is 0 Å². The molecule has 7 nitrogen and oxygen atoms in total. The molecule has 0 aliphatic rings. The molecule has 0 fully saturated rings. The molecule has 18 heavy (non-hydrogen) atoms. The Morgan fingerprint density at radius 1 is 1.50 bits per heavy atom. The third-order valence-corrected chi connectivity index (χ3v) is 3.83. The molecule has 0 saturated heterocycles. The van der Waals surface area contributed by atoms with E-state index >= 15 is 0 Å². The van der Waals surface area contributed by atoms with Crippen LogP contribution in [0.4, 0.5) is 0 Å². The zero-order chi connectivity index (χ0) is 13.8. The minimum atomic E-state index is -3.62. The van der Waals surface area contributed by atoms with Gasteiger partial charge in [-0.3, -0.25) is 4.79 Å². The Kier molecular flexibility index (Phi) is 4.88. The van der Waals surface area contributed by atoms with E-state index in [1.165, 1.54) is 27.3 Å². The van der Waals surface area contributed by atoms with Crippen molar-refractivity contribution in [1.29, 1.82) is 0 Å². The van der Waals surface area contributed by atoms with Gasteiger partial charge in [0.25, 0.3) is 10.2 Å². The monoisotopic (exact) mass is 275 g/mol. The molecule has 2 N–H and O–H groups in total. The molecular formula is C10H17N3O4S. The number of carbonyl (C=O) groups is 1. The second-order valence-electron chi connectivity index (χ2n) is 3.92. The fourth-order valence-corrected chi connectivity index (χ4v) is 1.89. The number of carbonyl (C=O) groups excluding carboxylic acids is 1. The van der Waals surface area contributed by atoms with E-state index in [4.69, 9.17) is 4.42 Å². The van der Waals surface area contributed by atoms with Crippen molar-refractivity contribution in [3.05, 3.63) is 24.2 Å². The van der Waals surface area contributed by atoms with Gasteiger partial charge in [-0.05, 0) is 19.1 Å². The molecule has 8 heteroatoms. The summed E-state index contributed by atoms with van der Waals surface area (Å²) in [6.45, 7) is 1.69. The quantitative estimate of drug-likeness (QED) is 0.744. The molecule has 1 rings (SSSR count). The normalized spacial score (nSPS) is 13.6. The van der Waals surface area contributed by atoms with Gasteiger partial charge < -0.3 is 9.73 Å². The first-order valence-corrected chi connectivity index (χ1v) is 6.77. The van der Waals surface area contributed by atoms with Crippen LogP contribution in [0.5, 0.6) is 0 Å². The van der Waals surface area contributed by atoms with Crippen molar-refractivity contribution in [2.75, 3.05) is 14.1 Å². The molecule has 1 aromatic heterocycles. The van der Waals surface area contributed by atoms with Gasteiger partial charge in [0.15, 0.2) is 0 Å². The minimum Gasteiger partial charge on any atom is -0.467 e. The van der Waals surface area contributed by atoms with Crippen LogP contribution in [0.25, 0.3) is 0 Å². The molecule has 0 spiro atoms. The molecule has 0 aliphatic carbocycles. The zero-order valence-electron chi connectivity index (χ0n) is 10.5. The molecule has 0 saturated carbocycles. The molecular weight excluding hydrogens is 258 g/mol. The number of rotatable bonds is 6. The highest BCUT2D eigenvalue weighted by molar-refractivity contribution is 7.87. The van der Waals surface area contributed by atoms with Crippen LogP contribution in [0.1, 0.15) is 12.7 Å². The summed E-state index contributed by atoms with van der Waals surface area (Å²) in [7, 11) is -0.846. The van der Waals surface area contributed by atoms with Crippen molar-refractivity contribution in [3.8, 4) is 0 Å². The maximum absolute atomic E-state index is 11.6. The topological polar surface area (TPSA) is 91.7 Å². The number of furan rings is 1. The maximum Gasteiger partial charge on any atom is 0.279 e. The fraction of sp³-hybridized carbons (Fsp3) is 0.500. The maximum atomic E-state index is 11.6. The Labute approximate surface area is 106 Å². The predicted molar refractivity (Wildman–Crippen MR) is 65.8 cm³/mol. The highest BCUT2D eigenvalue weighted by atomic mass is 32.2. The number of hydrogen-bond donors (Lipinski definition) is 2. The molecule has 0 bridgehead atoms. The van der Waals surface area contributed by atoms with Crippen LogP contribution in [-0.4, -0.2) is 38.8 Å². The SMILES string of the molecule is C[C@H](NS(=O)(=O)N(C)C)C(=O)NCc1ccco1. The van der Waals surface area contributed by atoms with Gasteiger partial charge in [-0.2, -0.15) is 17.4 Å². The summed E-state index contributed by atoms with van der Waals surface area (Å²) in [6, 6.07) is 2.57. The zero-order valence-corrected chi connectivity index (χ0v) is 11.3. The Morgan fingerprint density at radius 2 is 2.17 bits per heavy atom. The Hall–Kier alpha value is -1.38. The Balaban J connectivity index is 2.47. The highest BCUT2D eigenvalue weighted by Gasteiger charge is 2.21. The van der Waals surface area contributed by atoms with Crippen molar-refractivity contribution in [1.82, 2.24) is 14.3 Å². The van der Waals surface area contributed by atoms with E-state index in [1.54, 1.807) is 12.1 Å². The molecule has 1 atom stereocenters. The van der Waals surface area contributed by atoms with Gasteiger partial charge >= 0.3 is 0 Å². The van der Waals surface area contributed by atoms with Crippen LogP contribution in [0.2, 0.25) is 0 Å². The summed E-state index contributed by atoms with van der Waals surface area (Å²) in [5.74, 6) is 0.183. The van der Waals surface area contributed by atoms with Crippen molar-refractivity contribution >= 4 is 16.1 Å². The van der Waals surface area contributed by atoms with Crippen molar-refractivity contribution < 1.29 is 17.6 Å². The molecule has 0 unspecified atom stereocenters. The van der Waals surface area contributed by atoms with Crippen LogP contribution < -0.4 is 10.0 Å². The summed E-state index contributed by atoms with van der Waals surface area (Å²) in [6.07, 6.45) is 1.50. The van der Waals surface area contributed by atoms with E-state index in [0.29, 0.717) is 5.76 Å². The van der Waals surface area contributed by atoms with Crippen molar-refractivity contribution in [2.24, 2.45) is 0 Å². The second-order valence-corrected chi connectivity index (χ2v) is 5.84. The smallest absolute Gasteiger partial charge is 0.279 e. The molecule has 1 heterocycles. The summed E-state index contributed by atoms with van der Waals surface area (Å²) in [4.78, 5) is 11.6. The van der Waals surface area contributed by atoms with Crippen LogP contribution in [0.15, 0.2) is 22.8 Å². The van der Waals surface area contributed by atoms with E-state index in [-0.39, 0.29) is 6.54 Å². The van der Waals surface area contributed by atoms with E-state index in [9.17, 15) is 13.2 Å². The molecule has 0 aliphatic heterocycles. The van der Waals surface area contributed by atoms with E-state index < -0.39 is 22.2 Å². The van der Waals surface area contributed by atoms with Crippen LogP contribution >= 0.6 is 0 Å². The number of hydrogen-bond acceptors (Lipinski definition) is 4. The van der Waals surface area contributed by atoms with Crippen molar-refractivity contribution in [3.63, 3.8) is 0 Å². The van der Waals surface area contributed by atoms with Crippen LogP contribution in [0.3, 0.4) is 0 Å². The average Bonchev–Trinajstić information content (AvgIpc) is 2.77. The van der Waals surface area contributed by atoms with Gasteiger partial charge in [0.1, 0.15) is 5.76 Å². The lowest BCUT2D eigenvalue weighted by Crippen LogP contribution is -2.48. The lowest BCUT2D eigenvalue weighted by atomic mass is 10.3. The van der Waals surface area contributed by atoms with Crippen LogP contribution in [-0.2, 0) is 21.5 Å². The molecule has 0 radical (unpaired) electrons. The van der Waals surface area contributed by atoms with Gasteiger partial charge in [-0.25, -0.2) is 0 Å². The number of nitrogens with one attached hydrogen (secondary N) is 2. The first-order chi connectivity index (χ1) is 8.33. The summed E-state index contributed by atoms with van der Waals surface area (Å²) in [5.41, 5.74) is 0. The first-order valence-electron chi connectivity index (χ1n) is 5.33. The number of nitrogens with zero attached hydrogens (tertiary/aromatic N) is 1. The second kappa shape index (κ2) is 5.98. The van der Waals surface area contributed by atoms with Gasteiger partial charge in [0.05, 0.1) is 18.8 Å². The Morgan fingerprint density at radius 3 is 2.67 bits per heavy atom. The fourth-order valence-electron chi connectivity index (χ4n) is 1.12. The molecule has 0 aromatic carbocycles. The Bertz CT molecular complexity index is 481. The summed E-state index contributed by atoms with van der Waals surface area (Å²) < 4.78 is 31.3. The minimum absolute atomic E-state index is 0.222. The number of amides is 1. The average molecular weight is 275 g/mol. The first kappa shape index (κ1) is 14.7. The largest absolute Gasteiger partial charge is 0.467 e. The summed E-state index contributed by atoms with van der Waals surface area (Å²) in [5, 5.41) is 2.57. The highest BCUT2D eigenvalue weighted by Crippen LogP contribution is 1.99. The lowest BCUT2D eigenvalue weighted by Gasteiger charge is -2.17. The van der Waals surface area contributed by atoms with Gasteiger partial charge in [-0.15, -0.1) is 0 Å². The lowest BCUT2D eigenvalue weighted by molar-refractivity contribution is -0.122. The van der Waals surface area contributed by atoms with Gasteiger partial charge in [0.2, 0.25) is 5.91 Å². The molecule has 1 amide bonds. The predicted octanol–water partition coefficient (Wildman–Crippen LogP) is -0.320. The standard InChI is InChI=1S/C10H17N3O4S/c1-8(12-18(15,16)13(2)3)10(14)11-7-9-5-4-6-17-9/h4-6,8,12H,7H2,1-3H3,(H,11,14)/t8-/m0/s1.